The second kappa shape index (κ2) is 8.19. The van der Waals surface area contributed by atoms with Crippen LogP contribution in [0.25, 0.3) is 0 Å². The van der Waals surface area contributed by atoms with Crippen LogP contribution in [-0.4, -0.2) is 11.2 Å². The van der Waals surface area contributed by atoms with E-state index >= 15 is 0 Å². The van der Waals surface area contributed by atoms with E-state index in [4.69, 9.17) is 9.94 Å². The lowest BCUT2D eigenvalue weighted by atomic mass is 9.46. The molecule has 5 atom stereocenters. The third-order valence-electron chi connectivity index (χ3n) is 8.42. The second-order valence-corrected chi connectivity index (χ2v) is 10.4. The third-order valence-corrected chi connectivity index (χ3v) is 8.42. The summed E-state index contributed by atoms with van der Waals surface area (Å²) in [5, 5.41) is 19.2. The molecular formula is C26H35NO4. The Hall–Kier alpha value is -1.95. The summed E-state index contributed by atoms with van der Waals surface area (Å²) in [6, 6.07) is 6.13. The highest BCUT2D eigenvalue weighted by Crippen LogP contribution is 2.63. The van der Waals surface area contributed by atoms with Gasteiger partial charge in [-0.1, -0.05) is 30.6 Å². The molecule has 1 aromatic carbocycles. The number of ether oxygens (including phenoxy) is 1. The Labute approximate surface area is 185 Å². The molecule has 0 bridgehead atoms. The van der Waals surface area contributed by atoms with Crippen LogP contribution in [0.15, 0.2) is 47.1 Å². The third kappa shape index (κ3) is 3.88. The zero-order valence-electron chi connectivity index (χ0n) is 19.2. The molecule has 1 unspecified atom stereocenters. The maximum absolute atomic E-state index is 13.4. The summed E-state index contributed by atoms with van der Waals surface area (Å²) in [6.45, 7) is 8.92. The average molecular weight is 426 g/mol. The van der Waals surface area contributed by atoms with Crippen LogP contribution in [-0.2, 0) is 4.79 Å². The van der Waals surface area contributed by atoms with Gasteiger partial charge in [-0.3, -0.25) is 4.79 Å². The van der Waals surface area contributed by atoms with Gasteiger partial charge >= 0.3 is 5.97 Å². The molecule has 4 rings (SSSR count). The number of carbonyl (C=O) groups is 1. The van der Waals surface area contributed by atoms with Crippen molar-refractivity contribution in [1.82, 2.24) is 0 Å². The maximum atomic E-state index is 13.4. The minimum atomic E-state index is -0.984. The molecular weight excluding hydrogens is 390 g/mol. The van der Waals surface area contributed by atoms with Crippen LogP contribution >= 0.6 is 0 Å². The number of carbonyl (C=O) groups excluding carboxylic acids is 1. The molecule has 3 aliphatic rings. The summed E-state index contributed by atoms with van der Waals surface area (Å²) >= 11 is 0. The number of esters is 1. The minimum Gasteiger partial charge on any atom is -0.595 e. The standard InChI is InChI=1S/C26H35NO4/c1-17(2)18-6-12-22-19(16-18)7-13-23-25(22,3)14-5-15-26(23,4)24(28)31-21-10-8-20(9-11-21)27(29)30/h8-11,16,22-23,27,29H,5-7,12-15H2,1-4H3/t22-,23+,25+,26+/m0/s1. The highest BCUT2D eigenvalue weighted by Gasteiger charge is 2.58. The lowest BCUT2D eigenvalue weighted by Crippen LogP contribution is -2.99. The molecule has 0 saturated heterocycles. The first-order chi connectivity index (χ1) is 14.6. The van der Waals surface area contributed by atoms with E-state index in [0.29, 0.717) is 17.6 Å². The molecule has 2 fully saturated rings. The lowest BCUT2D eigenvalue weighted by Gasteiger charge is -2.58. The molecule has 2 saturated carbocycles. The van der Waals surface area contributed by atoms with Crippen molar-refractivity contribution >= 4 is 11.7 Å². The molecule has 3 aliphatic carbocycles. The summed E-state index contributed by atoms with van der Waals surface area (Å²) in [4.78, 5) is 13.4. The van der Waals surface area contributed by atoms with E-state index in [0.717, 1.165) is 32.1 Å². The molecule has 0 aliphatic heterocycles. The predicted molar refractivity (Wildman–Crippen MR) is 120 cm³/mol. The van der Waals surface area contributed by atoms with E-state index in [2.05, 4.69) is 33.8 Å². The van der Waals surface area contributed by atoms with Gasteiger partial charge < -0.3 is 9.94 Å². The fraction of sp³-hybridized carbons (Fsp3) is 0.577. The quantitative estimate of drug-likeness (QED) is 0.393. The van der Waals surface area contributed by atoms with Crippen molar-refractivity contribution in [3.63, 3.8) is 0 Å². The molecule has 5 heteroatoms. The molecule has 31 heavy (non-hydrogen) atoms. The first-order valence-corrected chi connectivity index (χ1v) is 11.6. The summed E-state index contributed by atoms with van der Waals surface area (Å²) in [5.74, 6) is 1.11. The summed E-state index contributed by atoms with van der Waals surface area (Å²) in [6.07, 6.45) is 9.92. The lowest BCUT2D eigenvalue weighted by molar-refractivity contribution is -0.991. The minimum absolute atomic E-state index is 0.121. The fourth-order valence-electron chi connectivity index (χ4n) is 6.70. The normalized spacial score (nSPS) is 33.6. The van der Waals surface area contributed by atoms with E-state index in [1.54, 1.807) is 17.7 Å². The molecule has 1 aromatic rings. The predicted octanol–water partition coefficient (Wildman–Crippen LogP) is 5.27. The van der Waals surface area contributed by atoms with E-state index in [1.807, 2.05) is 0 Å². The van der Waals surface area contributed by atoms with E-state index in [-0.39, 0.29) is 17.1 Å². The van der Waals surface area contributed by atoms with Crippen LogP contribution in [0.2, 0.25) is 0 Å². The Bertz CT molecular complexity index is 912. The van der Waals surface area contributed by atoms with Gasteiger partial charge in [0.2, 0.25) is 0 Å². The van der Waals surface area contributed by atoms with Gasteiger partial charge in [0.1, 0.15) is 5.75 Å². The molecule has 0 amide bonds. The van der Waals surface area contributed by atoms with Crippen molar-refractivity contribution in [1.29, 1.82) is 0 Å². The molecule has 0 heterocycles. The number of nitrogens with one attached hydrogen (secondary N) is 1. The summed E-state index contributed by atoms with van der Waals surface area (Å²) < 4.78 is 5.82. The SMILES string of the molecule is CC(C)=C1C=C2CC[C@@H]3[C@](C)(CCC[C@@]3(C)C(=O)Oc3ccc([NH+]([O-])O)cc3)[C@H]2CC1. The van der Waals surface area contributed by atoms with Crippen molar-refractivity contribution in [3.05, 3.63) is 52.3 Å². The topological polar surface area (TPSA) is 74.0 Å². The zero-order valence-corrected chi connectivity index (χ0v) is 19.2. The Morgan fingerprint density at radius 2 is 1.84 bits per heavy atom. The highest BCUT2D eigenvalue weighted by molar-refractivity contribution is 5.79. The fourth-order valence-corrected chi connectivity index (χ4v) is 6.70. The van der Waals surface area contributed by atoms with Gasteiger partial charge in [-0.2, -0.15) is 5.23 Å². The largest absolute Gasteiger partial charge is 0.595 e. The molecule has 0 spiro atoms. The van der Waals surface area contributed by atoms with Gasteiger partial charge in [-0.25, -0.2) is 5.21 Å². The molecule has 0 radical (unpaired) electrons. The number of fused-ring (bicyclic) bond motifs is 3. The number of rotatable bonds is 3. The van der Waals surface area contributed by atoms with Crippen molar-refractivity contribution in [3.8, 4) is 5.75 Å². The summed E-state index contributed by atoms with van der Waals surface area (Å²) in [7, 11) is 0. The van der Waals surface area contributed by atoms with Gasteiger partial charge in [0.25, 0.3) is 0 Å². The van der Waals surface area contributed by atoms with Crippen LogP contribution in [0.3, 0.4) is 0 Å². The van der Waals surface area contributed by atoms with Gasteiger partial charge in [0.15, 0.2) is 5.69 Å². The Kier molecular flexibility index (Phi) is 5.88. The van der Waals surface area contributed by atoms with Crippen molar-refractivity contribution in [2.24, 2.45) is 22.7 Å². The van der Waals surface area contributed by atoms with Crippen molar-refractivity contribution < 1.29 is 20.0 Å². The van der Waals surface area contributed by atoms with Crippen molar-refractivity contribution in [2.45, 2.75) is 72.6 Å². The van der Waals surface area contributed by atoms with Crippen LogP contribution < -0.4 is 9.96 Å². The Balaban J connectivity index is 1.58. The van der Waals surface area contributed by atoms with Crippen molar-refractivity contribution in [2.75, 3.05) is 0 Å². The molecule has 168 valence electrons. The second-order valence-electron chi connectivity index (χ2n) is 10.4. The number of quaternary nitrogens is 1. The van der Waals surface area contributed by atoms with E-state index < -0.39 is 10.6 Å². The summed E-state index contributed by atoms with van der Waals surface area (Å²) in [5.41, 5.74) is 4.30. The van der Waals surface area contributed by atoms with Crippen LogP contribution in [0, 0.1) is 27.9 Å². The van der Waals surface area contributed by atoms with Crippen LogP contribution in [0.1, 0.15) is 72.6 Å². The average Bonchev–Trinajstić information content (AvgIpc) is 2.73. The zero-order chi connectivity index (χ0) is 22.4. The first kappa shape index (κ1) is 22.3. The van der Waals surface area contributed by atoms with Gasteiger partial charge in [-0.05, 0) is 94.3 Å². The molecule has 2 N–H and O–H groups in total. The van der Waals surface area contributed by atoms with Gasteiger partial charge in [0, 0.05) is 12.1 Å². The number of benzene rings is 1. The number of hydrogen-bond donors (Lipinski definition) is 2. The van der Waals surface area contributed by atoms with Gasteiger partial charge in [-0.15, -0.1) is 0 Å². The number of allylic oxidation sites excluding steroid dienone is 4. The Morgan fingerprint density at radius 1 is 1.13 bits per heavy atom. The molecule has 0 aromatic heterocycles. The van der Waals surface area contributed by atoms with E-state index in [1.165, 1.54) is 36.1 Å². The Morgan fingerprint density at radius 3 is 2.48 bits per heavy atom. The van der Waals surface area contributed by atoms with E-state index in [9.17, 15) is 10.0 Å². The van der Waals surface area contributed by atoms with Crippen LogP contribution in [0.5, 0.6) is 5.75 Å². The smallest absolute Gasteiger partial charge is 0.317 e. The monoisotopic (exact) mass is 425 g/mol. The first-order valence-electron chi connectivity index (χ1n) is 11.6. The van der Waals surface area contributed by atoms with Gasteiger partial charge in [0.05, 0.1) is 5.41 Å². The maximum Gasteiger partial charge on any atom is 0.317 e. The number of hydrogen-bond acceptors (Lipinski definition) is 4. The highest BCUT2D eigenvalue weighted by atomic mass is 16.8. The van der Waals surface area contributed by atoms with Crippen LogP contribution in [0.4, 0.5) is 5.69 Å². The molecule has 5 nitrogen and oxygen atoms in total.